The zero-order valence-corrected chi connectivity index (χ0v) is 18.6. The van der Waals surface area contributed by atoms with Crippen molar-refractivity contribution in [3.05, 3.63) is 53.1 Å². The molecule has 0 aromatic heterocycles. The van der Waals surface area contributed by atoms with Gasteiger partial charge in [-0.3, -0.25) is 9.59 Å². The Morgan fingerprint density at radius 2 is 1.81 bits per heavy atom. The topological polar surface area (TPSA) is 119 Å². The number of piperidine rings is 1. The summed E-state index contributed by atoms with van der Waals surface area (Å²) in [5.74, 6) is 0.174. The number of ether oxygens (including phenoxy) is 1. The lowest BCUT2D eigenvalue weighted by molar-refractivity contribution is -0.133. The van der Waals surface area contributed by atoms with Crippen LogP contribution in [0.2, 0.25) is 5.02 Å². The van der Waals surface area contributed by atoms with Crippen LogP contribution in [-0.2, 0) is 26.0 Å². The van der Waals surface area contributed by atoms with E-state index >= 15 is 0 Å². The Morgan fingerprint density at radius 3 is 2.39 bits per heavy atom. The number of nitrogens with one attached hydrogen (secondary N) is 1. The summed E-state index contributed by atoms with van der Waals surface area (Å²) in [4.78, 5) is 27.0. The molecule has 3 rings (SSSR count). The van der Waals surface area contributed by atoms with Gasteiger partial charge in [-0.15, -0.1) is 0 Å². The van der Waals surface area contributed by atoms with Gasteiger partial charge in [0.05, 0.1) is 18.4 Å². The molecule has 1 aliphatic rings. The number of halogens is 1. The van der Waals surface area contributed by atoms with Crippen LogP contribution in [0.25, 0.3) is 0 Å². The molecular formula is C21H24ClN3O5S. The van der Waals surface area contributed by atoms with Crippen LogP contribution in [0.5, 0.6) is 5.75 Å². The molecule has 2 aromatic rings. The third-order valence-corrected chi connectivity index (χ3v) is 6.42. The molecule has 166 valence electrons. The van der Waals surface area contributed by atoms with Gasteiger partial charge in [-0.25, -0.2) is 13.6 Å². The van der Waals surface area contributed by atoms with Crippen LogP contribution in [0.3, 0.4) is 0 Å². The molecule has 0 aliphatic carbocycles. The van der Waals surface area contributed by atoms with Crippen molar-refractivity contribution in [1.82, 2.24) is 4.90 Å². The number of rotatable bonds is 6. The molecule has 10 heteroatoms. The largest absolute Gasteiger partial charge is 0.496 e. The van der Waals surface area contributed by atoms with E-state index in [4.69, 9.17) is 21.5 Å². The van der Waals surface area contributed by atoms with Crippen molar-refractivity contribution >= 4 is 39.1 Å². The molecule has 8 nitrogen and oxygen atoms in total. The van der Waals surface area contributed by atoms with Crippen molar-refractivity contribution in [2.75, 3.05) is 25.5 Å². The van der Waals surface area contributed by atoms with Gasteiger partial charge >= 0.3 is 0 Å². The predicted molar refractivity (Wildman–Crippen MR) is 117 cm³/mol. The van der Waals surface area contributed by atoms with Gasteiger partial charge in [0.15, 0.2) is 0 Å². The highest BCUT2D eigenvalue weighted by Gasteiger charge is 2.28. The highest BCUT2D eigenvalue weighted by atomic mass is 35.5. The van der Waals surface area contributed by atoms with Gasteiger partial charge in [-0.05, 0) is 55.3 Å². The molecule has 3 N–H and O–H groups in total. The number of sulfonamides is 1. The van der Waals surface area contributed by atoms with Crippen LogP contribution in [0.1, 0.15) is 18.4 Å². The molecular weight excluding hydrogens is 442 g/mol. The number of hydrogen-bond acceptors (Lipinski definition) is 5. The maximum absolute atomic E-state index is 12.7. The predicted octanol–water partition coefficient (Wildman–Crippen LogP) is 2.42. The zero-order valence-electron chi connectivity index (χ0n) is 17.0. The second kappa shape index (κ2) is 9.67. The van der Waals surface area contributed by atoms with Crippen molar-refractivity contribution < 1.29 is 22.7 Å². The molecule has 1 saturated heterocycles. The first kappa shape index (κ1) is 23.1. The van der Waals surface area contributed by atoms with E-state index in [1.165, 1.54) is 24.3 Å². The normalized spacial score (nSPS) is 14.9. The molecule has 2 amide bonds. The standard InChI is InChI=1S/C21H24ClN3O5S/c1-30-19-7-2-16(22)12-15(19)13-20(26)25-10-8-14(9-11-25)21(27)24-17-3-5-18(6-4-17)31(23,28)29/h2-7,12,14H,8-11,13H2,1H3,(H,24,27)(H2,23,28,29). The fourth-order valence-electron chi connectivity index (χ4n) is 3.52. The smallest absolute Gasteiger partial charge is 0.238 e. The Balaban J connectivity index is 1.53. The minimum atomic E-state index is -3.78. The summed E-state index contributed by atoms with van der Waals surface area (Å²) >= 11 is 6.03. The summed E-state index contributed by atoms with van der Waals surface area (Å²) < 4.78 is 27.9. The lowest BCUT2D eigenvalue weighted by atomic mass is 9.95. The lowest BCUT2D eigenvalue weighted by Crippen LogP contribution is -2.42. The Hall–Kier alpha value is -2.62. The molecule has 1 fully saturated rings. The number of amides is 2. The first-order chi connectivity index (χ1) is 14.7. The van der Waals surface area contributed by atoms with Crippen LogP contribution < -0.4 is 15.2 Å². The lowest BCUT2D eigenvalue weighted by Gasteiger charge is -2.31. The molecule has 0 radical (unpaired) electrons. The first-order valence-electron chi connectivity index (χ1n) is 9.71. The van der Waals surface area contributed by atoms with E-state index in [1.54, 1.807) is 30.2 Å². The number of anilines is 1. The zero-order chi connectivity index (χ0) is 22.6. The monoisotopic (exact) mass is 465 g/mol. The summed E-state index contributed by atoms with van der Waals surface area (Å²) in [6.45, 7) is 0.953. The Kier molecular flexibility index (Phi) is 7.19. The van der Waals surface area contributed by atoms with Gasteiger partial charge < -0.3 is 15.0 Å². The molecule has 2 aromatic carbocycles. The first-order valence-corrected chi connectivity index (χ1v) is 11.6. The number of carbonyl (C=O) groups excluding carboxylic acids is 2. The number of methoxy groups -OCH3 is 1. The Bertz CT molecular complexity index is 1060. The molecule has 31 heavy (non-hydrogen) atoms. The van der Waals surface area contributed by atoms with Crippen molar-refractivity contribution in [2.45, 2.75) is 24.2 Å². The molecule has 1 heterocycles. The fourth-order valence-corrected chi connectivity index (χ4v) is 4.23. The van der Waals surface area contributed by atoms with Crippen molar-refractivity contribution in [3.8, 4) is 5.75 Å². The van der Waals surface area contributed by atoms with Crippen molar-refractivity contribution in [2.24, 2.45) is 11.1 Å². The van der Waals surface area contributed by atoms with Gasteiger partial charge in [0.1, 0.15) is 5.75 Å². The fraction of sp³-hybridized carbons (Fsp3) is 0.333. The SMILES string of the molecule is COc1ccc(Cl)cc1CC(=O)N1CCC(C(=O)Nc2ccc(S(N)(=O)=O)cc2)CC1. The number of primary sulfonamides is 1. The quantitative estimate of drug-likeness (QED) is 0.679. The molecule has 0 atom stereocenters. The second-order valence-corrected chi connectivity index (χ2v) is 9.34. The number of hydrogen-bond donors (Lipinski definition) is 2. The van der Waals surface area contributed by atoms with Gasteiger partial charge in [0, 0.05) is 35.3 Å². The minimum Gasteiger partial charge on any atom is -0.496 e. The molecule has 1 aliphatic heterocycles. The average molecular weight is 466 g/mol. The summed E-state index contributed by atoms with van der Waals surface area (Å²) in [7, 11) is -2.23. The highest BCUT2D eigenvalue weighted by Crippen LogP contribution is 2.25. The van der Waals surface area contributed by atoms with E-state index in [1.807, 2.05) is 0 Å². The molecule has 0 unspecified atom stereocenters. The number of likely N-dealkylation sites (tertiary alicyclic amines) is 1. The Labute approximate surface area is 186 Å². The van der Waals surface area contributed by atoms with Gasteiger partial charge in [0.2, 0.25) is 21.8 Å². The summed E-state index contributed by atoms with van der Waals surface area (Å²) in [6.07, 6.45) is 1.26. The highest BCUT2D eigenvalue weighted by molar-refractivity contribution is 7.89. The van der Waals surface area contributed by atoms with E-state index < -0.39 is 10.0 Å². The number of nitrogens with zero attached hydrogens (tertiary/aromatic N) is 1. The van der Waals surface area contributed by atoms with E-state index in [-0.39, 0.29) is 29.0 Å². The van der Waals surface area contributed by atoms with Crippen LogP contribution in [0.4, 0.5) is 5.69 Å². The van der Waals surface area contributed by atoms with Crippen LogP contribution in [-0.4, -0.2) is 45.3 Å². The van der Waals surface area contributed by atoms with Crippen molar-refractivity contribution in [3.63, 3.8) is 0 Å². The minimum absolute atomic E-state index is 0.0198. The molecule has 0 saturated carbocycles. The van der Waals surface area contributed by atoms with E-state index in [0.717, 1.165) is 5.56 Å². The van der Waals surface area contributed by atoms with E-state index in [0.29, 0.717) is 42.4 Å². The van der Waals surface area contributed by atoms with Gasteiger partial charge in [-0.1, -0.05) is 11.6 Å². The maximum atomic E-state index is 12.7. The average Bonchev–Trinajstić information content (AvgIpc) is 2.73. The van der Waals surface area contributed by atoms with Crippen molar-refractivity contribution in [1.29, 1.82) is 0 Å². The van der Waals surface area contributed by atoms with Crippen LogP contribution in [0.15, 0.2) is 47.4 Å². The van der Waals surface area contributed by atoms with E-state index in [9.17, 15) is 18.0 Å². The third kappa shape index (κ3) is 5.96. The van der Waals surface area contributed by atoms with E-state index in [2.05, 4.69) is 5.32 Å². The van der Waals surface area contributed by atoms with Gasteiger partial charge in [0.25, 0.3) is 0 Å². The van der Waals surface area contributed by atoms with Crippen LogP contribution in [0, 0.1) is 5.92 Å². The molecule has 0 bridgehead atoms. The second-order valence-electron chi connectivity index (χ2n) is 7.35. The number of benzene rings is 2. The number of nitrogens with two attached hydrogens (primary N) is 1. The molecule has 0 spiro atoms. The third-order valence-electron chi connectivity index (χ3n) is 5.25. The Morgan fingerprint density at radius 1 is 1.16 bits per heavy atom. The summed E-state index contributed by atoms with van der Waals surface area (Å²) in [5, 5.41) is 8.40. The van der Waals surface area contributed by atoms with Gasteiger partial charge in [-0.2, -0.15) is 0 Å². The van der Waals surface area contributed by atoms with Crippen LogP contribution >= 0.6 is 11.6 Å². The summed E-state index contributed by atoms with van der Waals surface area (Å²) in [5.41, 5.74) is 1.21. The maximum Gasteiger partial charge on any atom is 0.238 e. The number of carbonyl (C=O) groups is 2. The summed E-state index contributed by atoms with van der Waals surface area (Å²) in [6, 6.07) is 10.8.